The van der Waals surface area contributed by atoms with Crippen molar-refractivity contribution in [3.05, 3.63) is 187 Å². The van der Waals surface area contributed by atoms with Crippen LogP contribution in [-0.2, 0) is 10.8 Å². The molecule has 12 rings (SSSR count). The first kappa shape index (κ1) is 38.1. The lowest BCUT2D eigenvalue weighted by molar-refractivity contribution is 0.569. The first-order valence-corrected chi connectivity index (χ1v) is 22.2. The van der Waals surface area contributed by atoms with Gasteiger partial charge in [-0.3, -0.25) is 0 Å². The number of benzene rings is 9. The summed E-state index contributed by atoms with van der Waals surface area (Å²) in [5, 5.41) is 8.84. The highest BCUT2D eigenvalue weighted by Crippen LogP contribution is 2.47. The molecular weight excluding hydrogens is 783 g/mol. The number of para-hydroxylation sites is 3. The van der Waals surface area contributed by atoms with Gasteiger partial charge in [-0.25, -0.2) is 0 Å². The molecular formula is C60H47NO3. The van der Waals surface area contributed by atoms with Crippen LogP contribution >= 0.6 is 0 Å². The average Bonchev–Trinajstić information content (AvgIpc) is 4.00. The summed E-state index contributed by atoms with van der Waals surface area (Å²) in [4.78, 5) is 2.43. The summed E-state index contributed by atoms with van der Waals surface area (Å²) in [7, 11) is 0. The van der Waals surface area contributed by atoms with E-state index in [0.717, 1.165) is 116 Å². The van der Waals surface area contributed by atoms with Crippen LogP contribution in [0.5, 0.6) is 0 Å². The SMILES string of the molecule is CC(C)(C)c1cc(N(c2ccc(-c3cccc4c3oc3ccccc34)cc2)c2cccc3ccc4c5cc(-c6ccc7oc8ccccc8c7c6)ccc5oc4c23)cc(C(C)(C)C)c1. The van der Waals surface area contributed by atoms with Gasteiger partial charge in [0.1, 0.15) is 33.5 Å². The molecule has 0 aliphatic heterocycles. The molecule has 0 amide bonds. The second-order valence-electron chi connectivity index (χ2n) is 19.4. The molecule has 0 aliphatic rings. The highest BCUT2D eigenvalue weighted by molar-refractivity contribution is 6.20. The van der Waals surface area contributed by atoms with Crippen molar-refractivity contribution in [3.8, 4) is 22.3 Å². The van der Waals surface area contributed by atoms with Crippen molar-refractivity contribution in [2.45, 2.75) is 52.4 Å². The predicted octanol–water partition coefficient (Wildman–Crippen LogP) is 17.9. The minimum atomic E-state index is -0.0749. The fourth-order valence-electron chi connectivity index (χ4n) is 9.65. The van der Waals surface area contributed by atoms with Crippen LogP contribution in [0.4, 0.5) is 17.1 Å². The summed E-state index contributed by atoms with van der Waals surface area (Å²) in [5.41, 5.74) is 15.4. The van der Waals surface area contributed by atoms with Gasteiger partial charge in [-0.2, -0.15) is 0 Å². The molecule has 4 heteroatoms. The summed E-state index contributed by atoms with van der Waals surface area (Å²) in [5.74, 6) is 0. The van der Waals surface area contributed by atoms with E-state index in [1.807, 2.05) is 24.3 Å². The zero-order chi connectivity index (χ0) is 43.5. The number of rotatable bonds is 5. The highest BCUT2D eigenvalue weighted by Gasteiger charge is 2.26. The summed E-state index contributed by atoms with van der Waals surface area (Å²) >= 11 is 0. The van der Waals surface area contributed by atoms with Crippen LogP contribution in [0.15, 0.2) is 189 Å². The largest absolute Gasteiger partial charge is 0.456 e. The molecule has 9 aromatic carbocycles. The Morgan fingerprint density at radius 1 is 0.359 bits per heavy atom. The number of furan rings is 3. The van der Waals surface area contributed by atoms with Gasteiger partial charge in [0.25, 0.3) is 0 Å². The normalized spacial score (nSPS) is 12.5. The van der Waals surface area contributed by atoms with Gasteiger partial charge in [0, 0.05) is 54.6 Å². The summed E-state index contributed by atoms with van der Waals surface area (Å²) < 4.78 is 19.6. The predicted molar refractivity (Wildman–Crippen MR) is 269 cm³/mol. The molecule has 12 aromatic rings. The first-order valence-electron chi connectivity index (χ1n) is 22.2. The molecule has 0 fully saturated rings. The number of hydrogen-bond acceptors (Lipinski definition) is 4. The zero-order valence-electron chi connectivity index (χ0n) is 36.9. The highest BCUT2D eigenvalue weighted by atomic mass is 16.3. The Morgan fingerprint density at radius 2 is 0.891 bits per heavy atom. The maximum absolute atomic E-state index is 6.98. The Hall–Kier alpha value is -7.56. The van der Waals surface area contributed by atoms with Gasteiger partial charge in [-0.15, -0.1) is 0 Å². The molecule has 64 heavy (non-hydrogen) atoms. The Balaban J connectivity index is 1.06. The number of anilines is 3. The quantitative estimate of drug-likeness (QED) is 0.173. The van der Waals surface area contributed by atoms with E-state index >= 15 is 0 Å². The molecule has 0 spiro atoms. The van der Waals surface area contributed by atoms with Gasteiger partial charge in [0.05, 0.1) is 5.69 Å². The van der Waals surface area contributed by atoms with Crippen LogP contribution in [0.25, 0.3) is 98.8 Å². The van der Waals surface area contributed by atoms with E-state index in [1.165, 1.54) is 11.1 Å². The Kier molecular flexibility index (Phi) is 8.33. The van der Waals surface area contributed by atoms with Crippen molar-refractivity contribution in [3.63, 3.8) is 0 Å². The van der Waals surface area contributed by atoms with E-state index in [0.29, 0.717) is 0 Å². The van der Waals surface area contributed by atoms with Crippen LogP contribution in [0.3, 0.4) is 0 Å². The molecule has 3 heterocycles. The molecule has 0 bridgehead atoms. The van der Waals surface area contributed by atoms with Crippen molar-refractivity contribution in [1.82, 2.24) is 0 Å². The summed E-state index contributed by atoms with van der Waals surface area (Å²) in [6, 6.07) is 63.2. The van der Waals surface area contributed by atoms with Crippen LogP contribution < -0.4 is 4.90 Å². The third-order valence-electron chi connectivity index (χ3n) is 13.2. The average molecular weight is 830 g/mol. The van der Waals surface area contributed by atoms with Crippen molar-refractivity contribution in [1.29, 1.82) is 0 Å². The lowest BCUT2D eigenvalue weighted by atomic mass is 9.80. The molecule has 0 saturated carbocycles. The van der Waals surface area contributed by atoms with Crippen LogP contribution in [0, 0.1) is 0 Å². The van der Waals surface area contributed by atoms with Gasteiger partial charge in [0.2, 0.25) is 0 Å². The van der Waals surface area contributed by atoms with Crippen LogP contribution in [0.2, 0.25) is 0 Å². The van der Waals surface area contributed by atoms with Gasteiger partial charge >= 0.3 is 0 Å². The lowest BCUT2D eigenvalue weighted by Gasteiger charge is -2.32. The minimum absolute atomic E-state index is 0.0749. The maximum atomic E-state index is 6.98. The van der Waals surface area contributed by atoms with Gasteiger partial charge in [0.15, 0.2) is 0 Å². The minimum Gasteiger partial charge on any atom is -0.456 e. The van der Waals surface area contributed by atoms with E-state index in [-0.39, 0.29) is 10.8 Å². The lowest BCUT2D eigenvalue weighted by Crippen LogP contribution is -2.19. The first-order chi connectivity index (χ1) is 31.0. The number of fused-ring (bicyclic) bond motifs is 11. The van der Waals surface area contributed by atoms with E-state index in [9.17, 15) is 0 Å². The third kappa shape index (κ3) is 6.12. The molecule has 0 unspecified atom stereocenters. The van der Waals surface area contributed by atoms with E-state index < -0.39 is 0 Å². The molecule has 310 valence electrons. The zero-order valence-corrected chi connectivity index (χ0v) is 36.9. The smallest absolute Gasteiger partial charge is 0.145 e. The van der Waals surface area contributed by atoms with Crippen molar-refractivity contribution >= 4 is 93.7 Å². The monoisotopic (exact) mass is 829 g/mol. The summed E-state index contributed by atoms with van der Waals surface area (Å²) in [6.07, 6.45) is 0. The van der Waals surface area contributed by atoms with Gasteiger partial charge in [-0.05, 0) is 117 Å². The second-order valence-corrected chi connectivity index (χ2v) is 19.4. The summed E-state index contributed by atoms with van der Waals surface area (Å²) in [6.45, 7) is 13.8. The number of hydrogen-bond donors (Lipinski definition) is 0. The van der Waals surface area contributed by atoms with Crippen LogP contribution in [-0.4, -0.2) is 0 Å². The third-order valence-corrected chi connectivity index (χ3v) is 13.2. The number of nitrogens with zero attached hydrogens (tertiary/aromatic N) is 1. The van der Waals surface area contributed by atoms with Gasteiger partial charge < -0.3 is 18.2 Å². The molecule has 3 aromatic heterocycles. The molecule has 0 saturated heterocycles. The molecule has 0 N–H and O–H groups in total. The Morgan fingerprint density at radius 3 is 1.58 bits per heavy atom. The topological polar surface area (TPSA) is 42.7 Å². The molecule has 0 radical (unpaired) electrons. The van der Waals surface area contributed by atoms with E-state index in [1.54, 1.807) is 0 Å². The van der Waals surface area contributed by atoms with Crippen molar-refractivity contribution in [2.24, 2.45) is 0 Å². The Labute approximate surface area is 371 Å². The van der Waals surface area contributed by atoms with Gasteiger partial charge in [-0.1, -0.05) is 145 Å². The van der Waals surface area contributed by atoms with Crippen molar-refractivity contribution in [2.75, 3.05) is 4.90 Å². The van der Waals surface area contributed by atoms with Crippen molar-refractivity contribution < 1.29 is 13.3 Å². The Bertz CT molecular complexity index is 3780. The molecule has 0 atom stereocenters. The molecule has 4 nitrogen and oxygen atoms in total. The van der Waals surface area contributed by atoms with Crippen LogP contribution in [0.1, 0.15) is 52.7 Å². The standard InChI is InChI=1S/C60H47NO3/c1-59(2,3)40-33-41(60(4,5)6)35-43(34-40)61(42-26-21-36(22-27-42)44-16-12-17-47-45-14-7-10-20-53(45)63-57(44)47)51-18-11-13-37-23-28-48-50-32-39(25-30-55(50)64-58(48)56(37)51)38-24-29-54-49(31-38)46-15-8-9-19-52(46)62-54/h7-35H,1-6H3. The van der Waals surface area contributed by atoms with E-state index in [4.69, 9.17) is 13.3 Å². The fourth-order valence-corrected chi connectivity index (χ4v) is 9.65. The maximum Gasteiger partial charge on any atom is 0.145 e. The second kappa shape index (κ2) is 14.0. The molecule has 0 aliphatic carbocycles. The van der Waals surface area contributed by atoms with E-state index in [2.05, 4.69) is 198 Å². The fraction of sp³-hybridized carbons (Fsp3) is 0.133.